The third-order valence-electron chi connectivity index (χ3n) is 3.37. The van der Waals surface area contributed by atoms with Crippen molar-refractivity contribution in [2.75, 3.05) is 24.5 Å². The summed E-state index contributed by atoms with van der Waals surface area (Å²) in [5.41, 5.74) is 2.00. The molecular weight excluding hydrogens is 230 g/mol. The molecule has 1 aliphatic rings. The van der Waals surface area contributed by atoms with Gasteiger partial charge in [-0.25, -0.2) is 0 Å². The highest BCUT2D eigenvalue weighted by Crippen LogP contribution is 2.29. The fourth-order valence-electron chi connectivity index (χ4n) is 2.47. The van der Waals surface area contributed by atoms with Crippen molar-refractivity contribution in [3.05, 3.63) is 33.9 Å². The SMILES string of the molecule is Cc1cc(N2CCNCC2(C)C)cc([N+](=O)[O-])c1. The first-order valence-electron chi connectivity index (χ1n) is 6.14. The van der Waals surface area contributed by atoms with Gasteiger partial charge in [0.15, 0.2) is 0 Å². The third-order valence-corrected chi connectivity index (χ3v) is 3.37. The van der Waals surface area contributed by atoms with E-state index >= 15 is 0 Å². The Balaban J connectivity index is 2.40. The van der Waals surface area contributed by atoms with Crippen molar-refractivity contribution < 1.29 is 4.92 Å². The average Bonchev–Trinajstić information content (AvgIpc) is 2.27. The number of nitro groups is 1. The van der Waals surface area contributed by atoms with Crippen LogP contribution in [-0.2, 0) is 0 Å². The summed E-state index contributed by atoms with van der Waals surface area (Å²) in [5, 5.41) is 14.3. The van der Waals surface area contributed by atoms with E-state index < -0.39 is 0 Å². The van der Waals surface area contributed by atoms with E-state index in [0.29, 0.717) is 0 Å². The van der Waals surface area contributed by atoms with Crippen LogP contribution in [0.3, 0.4) is 0 Å². The lowest BCUT2D eigenvalue weighted by Gasteiger charge is -2.44. The lowest BCUT2D eigenvalue weighted by Crippen LogP contribution is -2.58. The standard InChI is InChI=1S/C13H19N3O2/c1-10-6-11(8-12(7-10)16(17)18)15-5-4-14-9-13(15,2)3/h6-8,14H,4-5,9H2,1-3H3. The number of hydrogen-bond acceptors (Lipinski definition) is 4. The Hall–Kier alpha value is -1.62. The van der Waals surface area contributed by atoms with Crippen LogP contribution in [-0.4, -0.2) is 30.1 Å². The molecule has 98 valence electrons. The van der Waals surface area contributed by atoms with Crippen LogP contribution in [0.15, 0.2) is 18.2 Å². The molecule has 1 fully saturated rings. The van der Waals surface area contributed by atoms with Gasteiger partial charge in [-0.15, -0.1) is 0 Å². The Morgan fingerprint density at radius 3 is 2.72 bits per heavy atom. The van der Waals surface area contributed by atoms with Crippen molar-refractivity contribution >= 4 is 11.4 Å². The number of hydrogen-bond donors (Lipinski definition) is 1. The first kappa shape index (κ1) is 12.8. The van der Waals surface area contributed by atoms with Crippen molar-refractivity contribution in [3.63, 3.8) is 0 Å². The minimum Gasteiger partial charge on any atom is -0.364 e. The highest BCUT2D eigenvalue weighted by atomic mass is 16.6. The first-order chi connectivity index (χ1) is 8.40. The zero-order chi connectivity index (χ0) is 13.3. The molecule has 5 nitrogen and oxygen atoms in total. The summed E-state index contributed by atoms with van der Waals surface area (Å²) in [6, 6.07) is 5.29. The van der Waals surface area contributed by atoms with Gasteiger partial charge >= 0.3 is 0 Å². The smallest absolute Gasteiger partial charge is 0.271 e. The zero-order valence-electron chi connectivity index (χ0n) is 11.1. The number of nitrogens with zero attached hydrogens (tertiary/aromatic N) is 2. The molecule has 2 rings (SSSR count). The molecule has 0 atom stereocenters. The van der Waals surface area contributed by atoms with Crippen molar-refractivity contribution in [3.8, 4) is 0 Å². The van der Waals surface area contributed by atoms with E-state index in [4.69, 9.17) is 0 Å². The van der Waals surface area contributed by atoms with E-state index in [9.17, 15) is 10.1 Å². The van der Waals surface area contributed by atoms with Crippen molar-refractivity contribution in [2.24, 2.45) is 0 Å². The second-order valence-corrected chi connectivity index (χ2v) is 5.42. The summed E-state index contributed by atoms with van der Waals surface area (Å²) in [6.45, 7) is 8.85. The largest absolute Gasteiger partial charge is 0.364 e. The molecule has 0 amide bonds. The van der Waals surface area contributed by atoms with Crippen LogP contribution in [0.25, 0.3) is 0 Å². The quantitative estimate of drug-likeness (QED) is 0.644. The first-order valence-corrected chi connectivity index (χ1v) is 6.14. The van der Waals surface area contributed by atoms with Gasteiger partial charge in [0.25, 0.3) is 5.69 Å². The van der Waals surface area contributed by atoms with Gasteiger partial charge in [-0.05, 0) is 32.4 Å². The number of piperazine rings is 1. The number of aryl methyl sites for hydroxylation is 1. The van der Waals surface area contributed by atoms with Gasteiger partial charge in [-0.2, -0.15) is 0 Å². The minimum atomic E-state index is -0.328. The number of nitro benzene ring substituents is 1. The molecule has 0 spiro atoms. The van der Waals surface area contributed by atoms with Crippen molar-refractivity contribution in [1.82, 2.24) is 5.32 Å². The summed E-state index contributed by atoms with van der Waals surface area (Å²) >= 11 is 0. The summed E-state index contributed by atoms with van der Waals surface area (Å²) in [4.78, 5) is 12.8. The predicted octanol–water partition coefficient (Wildman–Crippen LogP) is 2.09. The van der Waals surface area contributed by atoms with E-state index in [1.807, 2.05) is 13.0 Å². The molecule has 0 radical (unpaired) electrons. The minimum absolute atomic E-state index is 0.0279. The summed E-state index contributed by atoms with van der Waals surface area (Å²) in [7, 11) is 0. The Morgan fingerprint density at radius 1 is 1.39 bits per heavy atom. The topological polar surface area (TPSA) is 58.4 Å². The second kappa shape index (κ2) is 4.57. The van der Waals surface area contributed by atoms with Crippen molar-refractivity contribution in [1.29, 1.82) is 0 Å². The number of non-ortho nitro benzene ring substituents is 1. The summed E-state index contributed by atoms with van der Waals surface area (Å²) < 4.78 is 0. The predicted molar refractivity (Wildman–Crippen MR) is 72.1 cm³/mol. The number of benzene rings is 1. The second-order valence-electron chi connectivity index (χ2n) is 5.42. The number of nitrogens with one attached hydrogen (secondary N) is 1. The van der Waals surface area contributed by atoms with E-state index in [2.05, 4.69) is 24.1 Å². The van der Waals surface area contributed by atoms with E-state index in [1.165, 1.54) is 0 Å². The van der Waals surface area contributed by atoms with Crippen molar-refractivity contribution in [2.45, 2.75) is 26.3 Å². The maximum atomic E-state index is 10.9. The molecule has 0 aromatic heterocycles. The number of rotatable bonds is 2. The van der Waals surface area contributed by atoms with Crippen LogP contribution in [0, 0.1) is 17.0 Å². The normalized spacial score (nSPS) is 18.7. The van der Waals surface area contributed by atoms with Crippen LogP contribution < -0.4 is 10.2 Å². The molecule has 18 heavy (non-hydrogen) atoms. The monoisotopic (exact) mass is 249 g/mol. The highest BCUT2D eigenvalue weighted by molar-refractivity contribution is 5.57. The van der Waals surface area contributed by atoms with Gasteiger partial charge in [0.2, 0.25) is 0 Å². The van der Waals surface area contributed by atoms with Gasteiger partial charge in [-0.1, -0.05) is 0 Å². The van der Waals surface area contributed by atoms with Gasteiger partial charge in [0, 0.05) is 43.0 Å². The maximum Gasteiger partial charge on any atom is 0.271 e. The molecule has 0 aliphatic carbocycles. The average molecular weight is 249 g/mol. The molecule has 1 N–H and O–H groups in total. The molecule has 0 saturated carbocycles. The van der Waals surface area contributed by atoms with Gasteiger partial charge in [0.1, 0.15) is 0 Å². The molecule has 1 aromatic carbocycles. The molecule has 1 saturated heterocycles. The van der Waals surface area contributed by atoms with Crippen LogP contribution >= 0.6 is 0 Å². The summed E-state index contributed by atoms with van der Waals surface area (Å²) in [6.07, 6.45) is 0. The molecule has 1 heterocycles. The van der Waals surface area contributed by atoms with Gasteiger partial charge < -0.3 is 10.2 Å². The third kappa shape index (κ3) is 2.46. The fourth-order valence-corrected chi connectivity index (χ4v) is 2.47. The van der Waals surface area contributed by atoms with Gasteiger partial charge in [-0.3, -0.25) is 10.1 Å². The van der Waals surface area contributed by atoms with Crippen LogP contribution in [0.5, 0.6) is 0 Å². The molecule has 1 aliphatic heterocycles. The Bertz CT molecular complexity index is 471. The maximum absolute atomic E-state index is 10.9. The van der Waals surface area contributed by atoms with Gasteiger partial charge in [0.05, 0.1) is 4.92 Å². The van der Waals surface area contributed by atoms with E-state index in [0.717, 1.165) is 30.9 Å². The highest BCUT2D eigenvalue weighted by Gasteiger charge is 2.30. The lowest BCUT2D eigenvalue weighted by atomic mass is 9.98. The molecular formula is C13H19N3O2. The van der Waals surface area contributed by atoms with Crippen LogP contribution in [0.2, 0.25) is 0 Å². The van der Waals surface area contributed by atoms with E-state index in [1.54, 1.807) is 12.1 Å². The Morgan fingerprint density at radius 2 is 2.11 bits per heavy atom. The van der Waals surface area contributed by atoms with Crippen LogP contribution in [0.4, 0.5) is 11.4 Å². The fraction of sp³-hybridized carbons (Fsp3) is 0.538. The Labute approximate surface area is 107 Å². The summed E-state index contributed by atoms with van der Waals surface area (Å²) in [5.74, 6) is 0. The zero-order valence-corrected chi connectivity index (χ0v) is 11.1. The Kier molecular flexibility index (Phi) is 3.26. The lowest BCUT2D eigenvalue weighted by molar-refractivity contribution is -0.384. The number of anilines is 1. The molecule has 1 aromatic rings. The molecule has 5 heteroatoms. The molecule has 0 unspecified atom stereocenters. The van der Waals surface area contributed by atoms with Crippen LogP contribution in [0.1, 0.15) is 19.4 Å². The van der Waals surface area contributed by atoms with E-state index in [-0.39, 0.29) is 16.1 Å². The molecule has 0 bridgehead atoms.